The Morgan fingerprint density at radius 1 is 1.45 bits per heavy atom. The maximum atomic E-state index is 11.9. The van der Waals surface area contributed by atoms with Gasteiger partial charge in [0, 0.05) is 24.7 Å². The molecule has 0 fully saturated rings. The number of para-hydroxylation sites is 1. The van der Waals surface area contributed by atoms with Gasteiger partial charge in [0.15, 0.2) is 5.69 Å². The van der Waals surface area contributed by atoms with Gasteiger partial charge in [-0.25, -0.2) is 4.68 Å². The molecule has 6 nitrogen and oxygen atoms in total. The molecule has 0 radical (unpaired) electrons. The first-order chi connectivity index (χ1) is 9.72. The Hall–Kier alpha value is -1.73. The quantitative estimate of drug-likeness (QED) is 0.815. The largest absolute Gasteiger partial charge is 0.385 e. The van der Waals surface area contributed by atoms with Crippen molar-refractivity contribution in [3.05, 3.63) is 40.6 Å². The SMILES string of the molecule is COCCCNC(=O)c1cn(-c2ccccc2Br)nn1. The topological polar surface area (TPSA) is 69.0 Å². The summed E-state index contributed by atoms with van der Waals surface area (Å²) in [6.45, 7) is 1.17. The third-order valence-electron chi connectivity index (χ3n) is 2.64. The molecule has 0 aliphatic heterocycles. The molecule has 0 atom stereocenters. The van der Waals surface area contributed by atoms with E-state index >= 15 is 0 Å². The fourth-order valence-corrected chi connectivity index (χ4v) is 2.10. The predicted octanol–water partition coefficient (Wildman–Crippen LogP) is 1.80. The molecule has 1 aromatic heterocycles. The number of amides is 1. The number of hydrogen-bond acceptors (Lipinski definition) is 4. The van der Waals surface area contributed by atoms with E-state index in [2.05, 4.69) is 31.6 Å². The van der Waals surface area contributed by atoms with Gasteiger partial charge < -0.3 is 10.1 Å². The molecule has 106 valence electrons. The van der Waals surface area contributed by atoms with E-state index < -0.39 is 0 Å². The lowest BCUT2D eigenvalue weighted by Crippen LogP contribution is -2.25. The van der Waals surface area contributed by atoms with Crippen LogP contribution in [0, 0.1) is 0 Å². The summed E-state index contributed by atoms with van der Waals surface area (Å²) in [5.74, 6) is -0.237. The van der Waals surface area contributed by atoms with Crippen molar-refractivity contribution >= 4 is 21.8 Å². The van der Waals surface area contributed by atoms with Gasteiger partial charge >= 0.3 is 0 Å². The second-order valence-electron chi connectivity index (χ2n) is 4.10. The minimum atomic E-state index is -0.237. The summed E-state index contributed by atoms with van der Waals surface area (Å²) in [5.41, 5.74) is 1.12. The zero-order valence-electron chi connectivity index (χ0n) is 11.0. The van der Waals surface area contributed by atoms with Crippen molar-refractivity contribution in [3.8, 4) is 5.69 Å². The highest BCUT2D eigenvalue weighted by Crippen LogP contribution is 2.19. The average molecular weight is 339 g/mol. The van der Waals surface area contributed by atoms with Gasteiger partial charge in [-0.05, 0) is 34.5 Å². The first kappa shape index (κ1) is 14.7. The third-order valence-corrected chi connectivity index (χ3v) is 3.31. The molecule has 0 saturated carbocycles. The molecule has 20 heavy (non-hydrogen) atoms. The highest BCUT2D eigenvalue weighted by Gasteiger charge is 2.11. The number of ether oxygens (including phenoxy) is 1. The van der Waals surface area contributed by atoms with E-state index in [1.165, 1.54) is 0 Å². The molecule has 2 aromatic rings. The fraction of sp³-hybridized carbons (Fsp3) is 0.308. The second-order valence-corrected chi connectivity index (χ2v) is 4.96. The van der Waals surface area contributed by atoms with Crippen molar-refractivity contribution in [2.24, 2.45) is 0 Å². The monoisotopic (exact) mass is 338 g/mol. The normalized spacial score (nSPS) is 10.5. The Kier molecular flexibility index (Phi) is 5.25. The summed E-state index contributed by atoms with van der Waals surface area (Å²) in [6, 6.07) is 7.60. The Bertz CT molecular complexity index is 585. The van der Waals surface area contributed by atoms with E-state index in [4.69, 9.17) is 4.74 Å². The van der Waals surface area contributed by atoms with Crippen LogP contribution in [0.3, 0.4) is 0 Å². The minimum Gasteiger partial charge on any atom is -0.385 e. The van der Waals surface area contributed by atoms with Crippen LogP contribution >= 0.6 is 15.9 Å². The molecule has 2 rings (SSSR count). The Morgan fingerprint density at radius 2 is 2.25 bits per heavy atom. The number of benzene rings is 1. The van der Waals surface area contributed by atoms with Crippen LogP contribution in [0.15, 0.2) is 34.9 Å². The number of methoxy groups -OCH3 is 1. The molecular formula is C13H15BrN4O2. The van der Waals surface area contributed by atoms with Gasteiger partial charge in [0.25, 0.3) is 5.91 Å². The standard InChI is InChI=1S/C13H15BrN4O2/c1-20-8-4-7-15-13(19)11-9-18(17-16-11)12-6-3-2-5-10(12)14/h2-3,5-6,9H,4,7-8H2,1H3,(H,15,19). The van der Waals surface area contributed by atoms with Gasteiger partial charge in [-0.1, -0.05) is 17.3 Å². The van der Waals surface area contributed by atoms with Crippen LogP contribution in [0.4, 0.5) is 0 Å². The van der Waals surface area contributed by atoms with Gasteiger partial charge in [-0.3, -0.25) is 4.79 Å². The Labute approximate surface area is 125 Å². The van der Waals surface area contributed by atoms with Crippen molar-refractivity contribution in [1.29, 1.82) is 0 Å². The van der Waals surface area contributed by atoms with E-state index in [0.717, 1.165) is 16.6 Å². The summed E-state index contributed by atoms with van der Waals surface area (Å²) in [5, 5.41) is 10.6. The van der Waals surface area contributed by atoms with Gasteiger partial charge in [-0.15, -0.1) is 5.10 Å². The summed E-state index contributed by atoms with van der Waals surface area (Å²) < 4.78 is 7.37. The van der Waals surface area contributed by atoms with Crippen molar-refractivity contribution in [2.75, 3.05) is 20.3 Å². The zero-order chi connectivity index (χ0) is 14.4. The minimum absolute atomic E-state index is 0.237. The third kappa shape index (κ3) is 3.64. The Balaban J connectivity index is 2.02. The van der Waals surface area contributed by atoms with Crippen LogP contribution in [0.25, 0.3) is 5.69 Å². The lowest BCUT2D eigenvalue weighted by atomic mass is 10.3. The van der Waals surface area contributed by atoms with Crippen molar-refractivity contribution in [2.45, 2.75) is 6.42 Å². The van der Waals surface area contributed by atoms with E-state index in [0.29, 0.717) is 13.2 Å². The lowest BCUT2D eigenvalue weighted by molar-refractivity contribution is 0.0943. The van der Waals surface area contributed by atoms with Gasteiger partial charge in [0.2, 0.25) is 0 Å². The van der Waals surface area contributed by atoms with E-state index in [-0.39, 0.29) is 11.6 Å². The van der Waals surface area contributed by atoms with Gasteiger partial charge in [-0.2, -0.15) is 0 Å². The van der Waals surface area contributed by atoms with Crippen LogP contribution in [0.1, 0.15) is 16.9 Å². The molecule has 0 saturated heterocycles. The van der Waals surface area contributed by atoms with Crippen LogP contribution in [-0.2, 0) is 4.74 Å². The van der Waals surface area contributed by atoms with Crippen molar-refractivity contribution in [3.63, 3.8) is 0 Å². The molecule has 0 unspecified atom stereocenters. The van der Waals surface area contributed by atoms with E-state index in [9.17, 15) is 4.79 Å². The fourth-order valence-electron chi connectivity index (χ4n) is 1.63. The molecule has 7 heteroatoms. The number of carbonyl (C=O) groups excluding carboxylic acids is 1. The molecule has 1 N–H and O–H groups in total. The second kappa shape index (κ2) is 7.16. The number of carbonyl (C=O) groups is 1. The number of halogens is 1. The predicted molar refractivity (Wildman–Crippen MR) is 77.9 cm³/mol. The summed E-state index contributed by atoms with van der Waals surface area (Å²) in [4.78, 5) is 11.9. The zero-order valence-corrected chi connectivity index (χ0v) is 12.6. The Morgan fingerprint density at radius 3 is 3.00 bits per heavy atom. The first-order valence-corrected chi connectivity index (χ1v) is 6.96. The molecule has 1 aromatic carbocycles. The molecule has 0 aliphatic carbocycles. The highest BCUT2D eigenvalue weighted by atomic mass is 79.9. The molecule has 1 amide bonds. The van der Waals surface area contributed by atoms with Crippen LogP contribution < -0.4 is 5.32 Å². The van der Waals surface area contributed by atoms with Crippen LogP contribution in [0.5, 0.6) is 0 Å². The summed E-state index contributed by atoms with van der Waals surface area (Å²) in [6.07, 6.45) is 2.37. The number of rotatable bonds is 6. The number of nitrogens with one attached hydrogen (secondary N) is 1. The van der Waals surface area contributed by atoms with Crippen molar-refractivity contribution < 1.29 is 9.53 Å². The summed E-state index contributed by atoms with van der Waals surface area (Å²) in [7, 11) is 1.63. The summed E-state index contributed by atoms with van der Waals surface area (Å²) >= 11 is 3.44. The maximum absolute atomic E-state index is 11.9. The molecule has 0 bridgehead atoms. The maximum Gasteiger partial charge on any atom is 0.273 e. The molecule has 0 spiro atoms. The average Bonchev–Trinajstić information content (AvgIpc) is 2.93. The first-order valence-electron chi connectivity index (χ1n) is 6.17. The lowest BCUT2D eigenvalue weighted by Gasteiger charge is -2.02. The number of hydrogen-bond donors (Lipinski definition) is 1. The van der Waals surface area contributed by atoms with Crippen LogP contribution in [-0.4, -0.2) is 41.2 Å². The highest BCUT2D eigenvalue weighted by molar-refractivity contribution is 9.10. The van der Waals surface area contributed by atoms with Gasteiger partial charge in [0.1, 0.15) is 0 Å². The van der Waals surface area contributed by atoms with Gasteiger partial charge in [0.05, 0.1) is 11.9 Å². The van der Waals surface area contributed by atoms with E-state index in [1.54, 1.807) is 18.0 Å². The molecule has 1 heterocycles. The van der Waals surface area contributed by atoms with E-state index in [1.807, 2.05) is 24.3 Å². The smallest absolute Gasteiger partial charge is 0.273 e. The van der Waals surface area contributed by atoms with Crippen molar-refractivity contribution in [1.82, 2.24) is 20.3 Å². The number of aromatic nitrogens is 3. The molecule has 0 aliphatic rings. The number of nitrogens with zero attached hydrogens (tertiary/aromatic N) is 3. The van der Waals surface area contributed by atoms with Crippen LogP contribution in [0.2, 0.25) is 0 Å². The molecular weight excluding hydrogens is 324 g/mol.